The van der Waals surface area contributed by atoms with Crippen LogP contribution in [0.5, 0.6) is 0 Å². The molecule has 0 aromatic carbocycles. The molecule has 0 spiro atoms. The van der Waals surface area contributed by atoms with E-state index in [1.54, 1.807) is 0 Å². The summed E-state index contributed by atoms with van der Waals surface area (Å²) < 4.78 is 0. The quantitative estimate of drug-likeness (QED) is 0.712. The minimum absolute atomic E-state index is 0.170. The van der Waals surface area contributed by atoms with Crippen molar-refractivity contribution in [3.05, 3.63) is 0 Å². The number of rotatable bonds is 2. The number of hydrogen-bond acceptors (Lipinski definition) is 1. The highest BCUT2D eigenvalue weighted by atomic mass is 79.9. The van der Waals surface area contributed by atoms with Gasteiger partial charge in [-0.05, 0) is 29.6 Å². The Morgan fingerprint density at radius 2 is 1.61 bits per heavy atom. The van der Waals surface area contributed by atoms with Gasteiger partial charge in [0.1, 0.15) is 0 Å². The van der Waals surface area contributed by atoms with E-state index in [0.29, 0.717) is 10.7 Å². The maximum atomic E-state index is 12.6. The van der Waals surface area contributed by atoms with Gasteiger partial charge < -0.3 is 4.90 Å². The first-order valence-electron chi connectivity index (χ1n) is 7.12. The zero-order valence-electron chi connectivity index (χ0n) is 12.3. The van der Waals surface area contributed by atoms with E-state index >= 15 is 0 Å². The Kier molecular flexibility index (Phi) is 3.59. The molecule has 1 amide bonds. The van der Waals surface area contributed by atoms with Crippen LogP contribution in [0, 0.1) is 22.7 Å². The molecule has 2 rings (SSSR count). The summed E-state index contributed by atoms with van der Waals surface area (Å²) in [6.07, 6.45) is 2.29. The van der Waals surface area contributed by atoms with Crippen LogP contribution in [0.2, 0.25) is 0 Å². The van der Waals surface area contributed by atoms with Crippen LogP contribution in [0.25, 0.3) is 0 Å². The number of nitrogens with zero attached hydrogens (tertiary/aromatic N) is 1. The Morgan fingerprint density at radius 1 is 1.17 bits per heavy atom. The second-order valence-corrected chi connectivity index (χ2v) is 8.66. The molecule has 18 heavy (non-hydrogen) atoms. The van der Waals surface area contributed by atoms with Crippen LogP contribution in [0.15, 0.2) is 0 Å². The Labute approximate surface area is 120 Å². The predicted octanol–water partition coefficient (Wildman–Crippen LogP) is 3.69. The van der Waals surface area contributed by atoms with E-state index in [9.17, 15) is 4.79 Å². The van der Waals surface area contributed by atoms with Gasteiger partial charge in [-0.1, -0.05) is 50.5 Å². The standard InChI is InChI=1S/C15H26BrNO/c1-10(16)11-6-8-17(9-7-11)13(18)12-14(2,3)15(12,4)5/h10-12H,6-9H2,1-5H3. The monoisotopic (exact) mass is 315 g/mol. The number of halogens is 1. The van der Waals surface area contributed by atoms with Crippen molar-refractivity contribution in [1.82, 2.24) is 4.90 Å². The summed E-state index contributed by atoms with van der Waals surface area (Å²) >= 11 is 3.67. The zero-order valence-corrected chi connectivity index (χ0v) is 13.9. The second kappa shape index (κ2) is 4.50. The van der Waals surface area contributed by atoms with Gasteiger partial charge in [0.25, 0.3) is 0 Å². The van der Waals surface area contributed by atoms with Crippen LogP contribution in [-0.4, -0.2) is 28.7 Å². The SMILES string of the molecule is CC(Br)C1CCN(C(=O)C2C(C)(C)C2(C)C)CC1. The van der Waals surface area contributed by atoms with E-state index in [2.05, 4.69) is 55.4 Å². The number of carbonyl (C=O) groups is 1. The normalized spacial score (nSPS) is 29.1. The van der Waals surface area contributed by atoms with E-state index in [1.165, 1.54) is 0 Å². The number of likely N-dealkylation sites (tertiary alicyclic amines) is 1. The molecule has 2 fully saturated rings. The van der Waals surface area contributed by atoms with Crippen molar-refractivity contribution in [1.29, 1.82) is 0 Å². The van der Waals surface area contributed by atoms with E-state index in [1.807, 2.05) is 0 Å². The first-order chi connectivity index (χ1) is 8.19. The average Bonchev–Trinajstić information content (AvgIpc) is 2.69. The van der Waals surface area contributed by atoms with Crippen LogP contribution in [0.1, 0.15) is 47.5 Å². The smallest absolute Gasteiger partial charge is 0.226 e. The molecule has 1 saturated carbocycles. The molecule has 1 aliphatic carbocycles. The van der Waals surface area contributed by atoms with Gasteiger partial charge in [0.05, 0.1) is 0 Å². The van der Waals surface area contributed by atoms with Gasteiger partial charge in [-0.15, -0.1) is 0 Å². The fourth-order valence-corrected chi connectivity index (χ4v) is 4.10. The van der Waals surface area contributed by atoms with Gasteiger partial charge >= 0.3 is 0 Å². The Morgan fingerprint density at radius 3 is 1.94 bits per heavy atom. The Bertz CT molecular complexity index is 326. The molecule has 1 aliphatic heterocycles. The second-order valence-electron chi connectivity index (χ2n) is 7.22. The summed E-state index contributed by atoms with van der Waals surface area (Å²) in [5.74, 6) is 1.35. The lowest BCUT2D eigenvalue weighted by molar-refractivity contribution is -0.135. The molecule has 0 aromatic heterocycles. The highest BCUT2D eigenvalue weighted by Gasteiger charge is 2.68. The van der Waals surface area contributed by atoms with Crippen molar-refractivity contribution in [2.24, 2.45) is 22.7 Å². The highest BCUT2D eigenvalue weighted by molar-refractivity contribution is 9.09. The third kappa shape index (κ3) is 2.13. The summed E-state index contributed by atoms with van der Waals surface area (Å²) in [6, 6.07) is 0. The summed E-state index contributed by atoms with van der Waals surface area (Å²) in [7, 11) is 0. The van der Waals surface area contributed by atoms with Crippen LogP contribution in [0.4, 0.5) is 0 Å². The molecule has 3 heteroatoms. The number of carbonyl (C=O) groups excluding carboxylic acids is 1. The van der Waals surface area contributed by atoms with Gasteiger partial charge in [0, 0.05) is 23.8 Å². The first-order valence-corrected chi connectivity index (χ1v) is 8.04. The first kappa shape index (κ1) is 14.4. The molecule has 2 nitrogen and oxygen atoms in total. The maximum Gasteiger partial charge on any atom is 0.226 e. The van der Waals surface area contributed by atoms with Gasteiger partial charge in [0.2, 0.25) is 5.91 Å². The van der Waals surface area contributed by atoms with Crippen molar-refractivity contribution in [2.45, 2.75) is 52.3 Å². The molecule has 1 unspecified atom stereocenters. The topological polar surface area (TPSA) is 20.3 Å². The van der Waals surface area contributed by atoms with Crippen LogP contribution < -0.4 is 0 Å². The molecule has 0 radical (unpaired) electrons. The van der Waals surface area contributed by atoms with Crippen molar-refractivity contribution < 1.29 is 4.79 Å². The third-order valence-corrected chi connectivity index (χ3v) is 6.52. The predicted molar refractivity (Wildman–Crippen MR) is 78.7 cm³/mol. The maximum absolute atomic E-state index is 12.6. The fraction of sp³-hybridized carbons (Fsp3) is 0.933. The average molecular weight is 316 g/mol. The number of hydrogen-bond donors (Lipinski definition) is 0. The largest absolute Gasteiger partial charge is 0.342 e. The van der Waals surface area contributed by atoms with Crippen molar-refractivity contribution in [2.75, 3.05) is 13.1 Å². The van der Waals surface area contributed by atoms with E-state index in [0.717, 1.165) is 31.8 Å². The molecule has 0 aromatic rings. The molecular formula is C15H26BrNO. The Balaban J connectivity index is 1.94. The zero-order chi connectivity index (χ0) is 13.7. The molecule has 2 aliphatic rings. The van der Waals surface area contributed by atoms with E-state index in [4.69, 9.17) is 0 Å². The van der Waals surface area contributed by atoms with E-state index in [-0.39, 0.29) is 16.7 Å². The van der Waals surface area contributed by atoms with Crippen LogP contribution in [0.3, 0.4) is 0 Å². The number of alkyl halides is 1. The number of piperidine rings is 1. The molecule has 104 valence electrons. The summed E-state index contributed by atoms with van der Waals surface area (Å²) in [4.78, 5) is 15.3. The highest BCUT2D eigenvalue weighted by Crippen LogP contribution is 2.68. The van der Waals surface area contributed by atoms with Gasteiger partial charge in [-0.25, -0.2) is 0 Å². The van der Waals surface area contributed by atoms with Gasteiger partial charge in [0.15, 0.2) is 0 Å². The van der Waals surface area contributed by atoms with E-state index < -0.39 is 0 Å². The molecule has 1 heterocycles. The van der Waals surface area contributed by atoms with Crippen LogP contribution >= 0.6 is 15.9 Å². The minimum atomic E-state index is 0.170. The number of amides is 1. The molecular weight excluding hydrogens is 290 g/mol. The van der Waals surface area contributed by atoms with Crippen molar-refractivity contribution in [3.63, 3.8) is 0 Å². The molecule has 1 saturated heterocycles. The Hall–Kier alpha value is -0.0500. The molecule has 1 atom stereocenters. The van der Waals surface area contributed by atoms with Gasteiger partial charge in [-0.3, -0.25) is 4.79 Å². The lowest BCUT2D eigenvalue weighted by Gasteiger charge is -2.34. The summed E-state index contributed by atoms with van der Waals surface area (Å²) in [5, 5.41) is 0. The summed E-state index contributed by atoms with van der Waals surface area (Å²) in [5.41, 5.74) is 0.341. The van der Waals surface area contributed by atoms with Crippen LogP contribution in [-0.2, 0) is 4.79 Å². The molecule has 0 N–H and O–H groups in total. The molecule has 0 bridgehead atoms. The van der Waals surface area contributed by atoms with Crippen molar-refractivity contribution in [3.8, 4) is 0 Å². The summed E-state index contributed by atoms with van der Waals surface area (Å²) in [6.45, 7) is 13.0. The lowest BCUT2D eigenvalue weighted by atomic mass is 9.94. The fourth-order valence-electron chi connectivity index (χ4n) is 3.58. The minimum Gasteiger partial charge on any atom is -0.342 e. The third-order valence-electron chi connectivity index (χ3n) is 5.77. The van der Waals surface area contributed by atoms with Gasteiger partial charge in [-0.2, -0.15) is 0 Å². The van der Waals surface area contributed by atoms with Crippen molar-refractivity contribution >= 4 is 21.8 Å². The lowest BCUT2D eigenvalue weighted by Crippen LogP contribution is -2.41.